The summed E-state index contributed by atoms with van der Waals surface area (Å²) < 4.78 is 24.6. The molecule has 160 valence electrons. The third-order valence-corrected chi connectivity index (χ3v) is 7.77. The summed E-state index contributed by atoms with van der Waals surface area (Å²) in [6.07, 6.45) is 0.657. The summed E-state index contributed by atoms with van der Waals surface area (Å²) >= 11 is 6.22. The van der Waals surface area contributed by atoms with Gasteiger partial charge in [-0.3, -0.25) is 14.5 Å². The molecule has 2 aliphatic heterocycles. The Morgan fingerprint density at radius 2 is 1.83 bits per heavy atom. The van der Waals surface area contributed by atoms with Crippen molar-refractivity contribution >= 4 is 27.3 Å². The summed E-state index contributed by atoms with van der Waals surface area (Å²) in [4.78, 5) is 28.8. The predicted octanol–water partition coefficient (Wildman–Crippen LogP) is 0.895. The van der Waals surface area contributed by atoms with Crippen LogP contribution in [0.4, 0.5) is 0 Å². The third kappa shape index (κ3) is 4.58. The van der Waals surface area contributed by atoms with E-state index in [-0.39, 0.29) is 35.6 Å². The molecule has 2 saturated heterocycles. The van der Waals surface area contributed by atoms with E-state index in [4.69, 9.17) is 11.6 Å². The highest BCUT2D eigenvalue weighted by atomic mass is 35.5. The van der Waals surface area contributed by atoms with E-state index in [1.165, 1.54) is 6.07 Å². The first kappa shape index (κ1) is 21.0. The molecule has 1 unspecified atom stereocenters. The van der Waals surface area contributed by atoms with Crippen molar-refractivity contribution in [3.8, 4) is 11.3 Å². The van der Waals surface area contributed by atoms with E-state index < -0.39 is 9.84 Å². The van der Waals surface area contributed by atoms with Gasteiger partial charge in [-0.1, -0.05) is 29.8 Å². The lowest BCUT2D eigenvalue weighted by molar-refractivity contribution is -0.134. The molecule has 0 N–H and O–H groups in total. The number of aromatic nitrogens is 2. The topological polar surface area (TPSA) is 92.6 Å². The van der Waals surface area contributed by atoms with Crippen molar-refractivity contribution < 1.29 is 13.2 Å². The summed E-state index contributed by atoms with van der Waals surface area (Å²) in [5.74, 6) is 0.266. The van der Waals surface area contributed by atoms with E-state index in [0.29, 0.717) is 48.9 Å². The van der Waals surface area contributed by atoms with E-state index in [0.717, 1.165) is 4.68 Å². The molecule has 0 spiro atoms. The molecule has 8 nitrogen and oxygen atoms in total. The lowest BCUT2D eigenvalue weighted by atomic mass is 10.1. The van der Waals surface area contributed by atoms with Crippen molar-refractivity contribution in [1.82, 2.24) is 19.6 Å². The van der Waals surface area contributed by atoms with Crippen molar-refractivity contribution in [3.05, 3.63) is 51.8 Å². The van der Waals surface area contributed by atoms with Crippen LogP contribution in [0.15, 0.2) is 41.2 Å². The number of amides is 1. The lowest BCUT2D eigenvalue weighted by Crippen LogP contribution is -2.53. The Bertz CT molecular complexity index is 1110. The standard InChI is InChI=1S/C20H23ClN4O4S/c21-17-4-2-1-3-16(17)18-5-6-19(26)25(22-18)13-20(27)24-10-8-23(9-11-24)15-7-12-30(28,29)14-15/h1-6,15H,7-14H2. The number of halogens is 1. The maximum Gasteiger partial charge on any atom is 0.267 e. The maximum absolute atomic E-state index is 12.8. The van der Waals surface area contributed by atoms with Crippen LogP contribution in [-0.4, -0.2) is 77.6 Å². The molecule has 4 rings (SSSR count). The van der Waals surface area contributed by atoms with Crippen LogP contribution in [0, 0.1) is 0 Å². The van der Waals surface area contributed by atoms with Gasteiger partial charge in [-0.25, -0.2) is 13.1 Å². The van der Waals surface area contributed by atoms with Crippen LogP contribution in [0.2, 0.25) is 5.02 Å². The lowest BCUT2D eigenvalue weighted by Gasteiger charge is -2.37. The number of carbonyl (C=O) groups excluding carboxylic acids is 1. The number of benzene rings is 1. The zero-order valence-corrected chi connectivity index (χ0v) is 18.0. The summed E-state index contributed by atoms with van der Waals surface area (Å²) in [7, 11) is -2.93. The molecule has 1 atom stereocenters. The second-order valence-corrected chi connectivity index (χ2v) is 10.3. The molecule has 0 saturated carbocycles. The minimum Gasteiger partial charge on any atom is -0.339 e. The Morgan fingerprint density at radius 3 is 2.50 bits per heavy atom. The minimum atomic E-state index is -2.93. The number of nitrogens with zero attached hydrogens (tertiary/aromatic N) is 4. The summed E-state index contributed by atoms with van der Waals surface area (Å²) in [5, 5.41) is 4.85. The van der Waals surface area contributed by atoms with Crippen LogP contribution < -0.4 is 5.56 Å². The van der Waals surface area contributed by atoms with Gasteiger partial charge in [0.25, 0.3) is 5.56 Å². The van der Waals surface area contributed by atoms with Crippen LogP contribution in [-0.2, 0) is 21.2 Å². The van der Waals surface area contributed by atoms with Gasteiger partial charge in [0.05, 0.1) is 22.2 Å². The Morgan fingerprint density at radius 1 is 1.10 bits per heavy atom. The smallest absolute Gasteiger partial charge is 0.267 e. The van der Waals surface area contributed by atoms with Crippen molar-refractivity contribution in [3.63, 3.8) is 0 Å². The van der Waals surface area contributed by atoms with Gasteiger partial charge in [-0.2, -0.15) is 5.10 Å². The second-order valence-electron chi connectivity index (χ2n) is 7.67. The Balaban J connectivity index is 1.41. The number of sulfone groups is 1. The molecule has 2 fully saturated rings. The molecule has 10 heteroatoms. The van der Waals surface area contributed by atoms with Crippen LogP contribution >= 0.6 is 11.6 Å². The molecule has 1 aromatic heterocycles. The van der Waals surface area contributed by atoms with Crippen LogP contribution in [0.3, 0.4) is 0 Å². The average Bonchev–Trinajstić information content (AvgIpc) is 3.10. The summed E-state index contributed by atoms with van der Waals surface area (Å²) in [6, 6.07) is 10.2. The zero-order chi connectivity index (χ0) is 21.3. The summed E-state index contributed by atoms with van der Waals surface area (Å²) in [6.45, 7) is 2.14. The van der Waals surface area contributed by atoms with Gasteiger partial charge in [0, 0.05) is 43.9 Å². The van der Waals surface area contributed by atoms with Gasteiger partial charge in [0.2, 0.25) is 5.91 Å². The largest absolute Gasteiger partial charge is 0.339 e. The quantitative estimate of drug-likeness (QED) is 0.687. The SMILES string of the molecule is O=C(Cn1nc(-c2ccccc2Cl)ccc1=O)N1CCN(C2CCS(=O)(=O)C2)CC1. The van der Waals surface area contributed by atoms with Crippen LogP contribution in [0.5, 0.6) is 0 Å². The molecule has 0 bridgehead atoms. The van der Waals surface area contributed by atoms with Gasteiger partial charge in [-0.05, 0) is 18.6 Å². The van der Waals surface area contributed by atoms with Crippen molar-refractivity contribution in [2.45, 2.75) is 19.0 Å². The highest BCUT2D eigenvalue weighted by molar-refractivity contribution is 7.91. The molecular weight excluding hydrogens is 428 g/mol. The van der Waals surface area contributed by atoms with Crippen molar-refractivity contribution in [1.29, 1.82) is 0 Å². The molecular formula is C20H23ClN4O4S. The minimum absolute atomic E-state index is 0.0452. The molecule has 0 aliphatic carbocycles. The number of carbonyl (C=O) groups is 1. The van der Waals surface area contributed by atoms with E-state index >= 15 is 0 Å². The number of piperazine rings is 1. The highest BCUT2D eigenvalue weighted by Crippen LogP contribution is 2.25. The number of hydrogen-bond donors (Lipinski definition) is 0. The fraction of sp³-hybridized carbons (Fsp3) is 0.450. The van der Waals surface area contributed by atoms with Crippen molar-refractivity contribution in [2.75, 3.05) is 37.7 Å². The van der Waals surface area contributed by atoms with E-state index in [9.17, 15) is 18.0 Å². The van der Waals surface area contributed by atoms with Crippen molar-refractivity contribution in [2.24, 2.45) is 0 Å². The molecule has 2 aliphatic rings. The normalized spacial score (nSPS) is 21.6. The first-order chi connectivity index (χ1) is 14.3. The first-order valence-electron chi connectivity index (χ1n) is 9.88. The van der Waals surface area contributed by atoms with E-state index in [2.05, 4.69) is 10.00 Å². The fourth-order valence-corrected chi connectivity index (χ4v) is 6.00. The van der Waals surface area contributed by atoms with Gasteiger partial charge in [0.1, 0.15) is 6.54 Å². The molecule has 1 amide bonds. The Labute approximate surface area is 180 Å². The monoisotopic (exact) mass is 450 g/mol. The van der Waals surface area contributed by atoms with Gasteiger partial charge < -0.3 is 4.90 Å². The van der Waals surface area contributed by atoms with Gasteiger partial charge in [0.15, 0.2) is 9.84 Å². The van der Waals surface area contributed by atoms with Gasteiger partial charge >= 0.3 is 0 Å². The predicted molar refractivity (Wildman–Crippen MR) is 114 cm³/mol. The Hall–Kier alpha value is -2.23. The maximum atomic E-state index is 12.8. The number of hydrogen-bond acceptors (Lipinski definition) is 6. The zero-order valence-electron chi connectivity index (χ0n) is 16.4. The molecule has 30 heavy (non-hydrogen) atoms. The second kappa shape index (κ2) is 8.49. The molecule has 3 heterocycles. The first-order valence-corrected chi connectivity index (χ1v) is 12.1. The highest BCUT2D eigenvalue weighted by Gasteiger charge is 2.34. The molecule has 2 aromatic rings. The summed E-state index contributed by atoms with van der Waals surface area (Å²) in [5.41, 5.74) is 0.870. The van der Waals surface area contributed by atoms with E-state index in [1.807, 2.05) is 18.2 Å². The third-order valence-electron chi connectivity index (χ3n) is 5.69. The average molecular weight is 451 g/mol. The van der Waals surface area contributed by atoms with E-state index in [1.54, 1.807) is 17.0 Å². The fourth-order valence-electron chi connectivity index (χ4n) is 4.00. The van der Waals surface area contributed by atoms with Crippen LogP contribution in [0.1, 0.15) is 6.42 Å². The number of rotatable bonds is 4. The molecule has 0 radical (unpaired) electrons. The molecule has 1 aromatic carbocycles. The Kier molecular flexibility index (Phi) is 5.95. The van der Waals surface area contributed by atoms with Crippen LogP contribution in [0.25, 0.3) is 11.3 Å². The van der Waals surface area contributed by atoms with Gasteiger partial charge in [-0.15, -0.1) is 0 Å².